The van der Waals surface area contributed by atoms with Crippen LogP contribution in [0.25, 0.3) is 0 Å². The number of methoxy groups -OCH3 is 1. The van der Waals surface area contributed by atoms with Gasteiger partial charge in [0.25, 0.3) is 0 Å². The minimum Gasteiger partial charge on any atom is -0.493 e. The first kappa shape index (κ1) is 29.8. The van der Waals surface area contributed by atoms with Crippen molar-refractivity contribution in [1.29, 1.82) is 0 Å². The van der Waals surface area contributed by atoms with Crippen molar-refractivity contribution in [1.82, 2.24) is 9.21 Å². The van der Waals surface area contributed by atoms with Crippen LogP contribution < -0.4 is 4.74 Å². The van der Waals surface area contributed by atoms with Crippen molar-refractivity contribution in [2.75, 3.05) is 33.4 Å². The van der Waals surface area contributed by atoms with Gasteiger partial charge in [0, 0.05) is 25.7 Å². The predicted octanol–water partition coefficient (Wildman–Crippen LogP) is 5.66. The van der Waals surface area contributed by atoms with E-state index in [0.29, 0.717) is 24.8 Å². The van der Waals surface area contributed by atoms with Gasteiger partial charge in [0.15, 0.2) is 0 Å². The molecule has 7 nitrogen and oxygen atoms in total. The molecular weight excluding hydrogens is 557 g/mol. The lowest BCUT2D eigenvalue weighted by Crippen LogP contribution is -2.59. The van der Waals surface area contributed by atoms with Crippen molar-refractivity contribution in [2.24, 2.45) is 11.8 Å². The number of sulfonamides is 1. The van der Waals surface area contributed by atoms with E-state index < -0.39 is 33.8 Å². The van der Waals surface area contributed by atoms with E-state index in [1.165, 1.54) is 54.9 Å². The van der Waals surface area contributed by atoms with Crippen molar-refractivity contribution < 1.29 is 35.9 Å². The van der Waals surface area contributed by atoms with Gasteiger partial charge >= 0.3 is 12.1 Å². The zero-order chi connectivity index (χ0) is 29.2. The van der Waals surface area contributed by atoms with Crippen LogP contribution in [0, 0.1) is 11.8 Å². The van der Waals surface area contributed by atoms with Gasteiger partial charge in [-0.25, -0.2) is 8.42 Å². The summed E-state index contributed by atoms with van der Waals surface area (Å²) in [5.74, 6) is 0.681. The Bertz CT molecular complexity index is 1290. The number of nitrogens with zero attached hydrogens (tertiary/aromatic N) is 2. The summed E-state index contributed by atoms with van der Waals surface area (Å²) < 4.78 is 78.9. The molecule has 1 heterocycles. The second-order valence-electron chi connectivity index (χ2n) is 11.3. The van der Waals surface area contributed by atoms with E-state index in [1.807, 2.05) is 4.90 Å². The molecule has 2 aliphatic carbocycles. The first-order chi connectivity index (χ1) is 19.6. The molecule has 2 aromatic rings. The first-order valence-corrected chi connectivity index (χ1v) is 15.8. The fourth-order valence-electron chi connectivity index (χ4n) is 6.13. The molecule has 0 radical (unpaired) electrons. The maximum Gasteiger partial charge on any atom is 0.416 e. The average Bonchev–Trinajstić information content (AvgIpc) is 3.81. The van der Waals surface area contributed by atoms with Crippen molar-refractivity contribution in [2.45, 2.75) is 68.1 Å². The molecule has 2 atom stereocenters. The molecule has 3 aliphatic rings. The lowest BCUT2D eigenvalue weighted by Gasteiger charge is -2.42. The number of rotatable bonds is 9. The minimum absolute atomic E-state index is 0.0475. The Labute approximate surface area is 239 Å². The summed E-state index contributed by atoms with van der Waals surface area (Å²) in [6.07, 6.45) is 3.40. The number of hydrogen-bond acceptors (Lipinski definition) is 6. The fraction of sp³-hybridized carbons (Fsp3) is 0.567. The second-order valence-corrected chi connectivity index (χ2v) is 13.2. The highest BCUT2D eigenvalue weighted by Crippen LogP contribution is 2.46. The van der Waals surface area contributed by atoms with E-state index in [-0.39, 0.29) is 29.9 Å². The van der Waals surface area contributed by atoms with E-state index in [0.717, 1.165) is 43.4 Å². The normalized spacial score (nSPS) is 22.3. The number of halogens is 3. The summed E-state index contributed by atoms with van der Waals surface area (Å²) in [6, 6.07) is 10.1. The third-order valence-electron chi connectivity index (χ3n) is 8.52. The smallest absolute Gasteiger partial charge is 0.416 e. The van der Waals surface area contributed by atoms with Crippen molar-refractivity contribution in [3.63, 3.8) is 0 Å². The summed E-state index contributed by atoms with van der Waals surface area (Å²) in [6.45, 7) is 1.07. The highest BCUT2D eigenvalue weighted by Gasteiger charge is 2.45. The fourth-order valence-corrected chi connectivity index (χ4v) is 7.69. The quantitative estimate of drug-likeness (QED) is 0.349. The van der Waals surface area contributed by atoms with E-state index in [9.17, 15) is 26.4 Å². The summed E-state index contributed by atoms with van der Waals surface area (Å²) in [4.78, 5) is 15.0. The molecule has 2 unspecified atom stereocenters. The number of hydrogen-bond donors (Lipinski definition) is 0. The lowest BCUT2D eigenvalue weighted by molar-refractivity contribution is -0.147. The molecule has 41 heavy (non-hydrogen) atoms. The van der Waals surface area contributed by atoms with Gasteiger partial charge in [-0.15, -0.1) is 0 Å². The molecule has 2 saturated carbocycles. The SMILES string of the molecule is COC(=O)C1CN(C(c2ccc(C(F)(F)F)cc2)C2CC2)CCN1S(=O)(=O)c1ccc(OCC2CCCCC2)cc1. The third-order valence-corrected chi connectivity index (χ3v) is 10.4. The van der Waals surface area contributed by atoms with Crippen molar-refractivity contribution in [3.05, 3.63) is 59.7 Å². The number of benzene rings is 2. The lowest BCUT2D eigenvalue weighted by atomic mass is 9.90. The average molecular weight is 595 g/mol. The summed E-state index contributed by atoms with van der Waals surface area (Å²) in [5.41, 5.74) is 0.00814. The van der Waals surface area contributed by atoms with Crippen LogP contribution >= 0.6 is 0 Å². The number of piperazine rings is 1. The Hall–Kier alpha value is -2.63. The molecule has 0 spiro atoms. The predicted molar refractivity (Wildman–Crippen MR) is 147 cm³/mol. The molecule has 2 aromatic carbocycles. The highest BCUT2D eigenvalue weighted by atomic mass is 32.2. The largest absolute Gasteiger partial charge is 0.493 e. The van der Waals surface area contributed by atoms with Crippen molar-refractivity contribution >= 4 is 16.0 Å². The maximum absolute atomic E-state index is 13.7. The molecule has 5 rings (SSSR count). The topological polar surface area (TPSA) is 76.2 Å². The second kappa shape index (κ2) is 12.3. The van der Waals surface area contributed by atoms with Gasteiger partial charge in [-0.1, -0.05) is 31.4 Å². The highest BCUT2D eigenvalue weighted by molar-refractivity contribution is 7.89. The van der Waals surface area contributed by atoms with Crippen LogP contribution in [0.1, 0.15) is 62.1 Å². The first-order valence-electron chi connectivity index (χ1n) is 14.3. The summed E-state index contributed by atoms with van der Waals surface area (Å²) >= 11 is 0. The van der Waals surface area contributed by atoms with E-state index >= 15 is 0 Å². The molecule has 3 fully saturated rings. The Kier molecular flexibility index (Phi) is 8.96. The Balaban J connectivity index is 1.31. The van der Waals surface area contributed by atoms with Gasteiger partial charge in [0.2, 0.25) is 10.0 Å². The molecule has 11 heteroatoms. The minimum atomic E-state index is -4.43. The van der Waals surface area contributed by atoms with Gasteiger partial charge in [-0.3, -0.25) is 9.69 Å². The molecule has 1 saturated heterocycles. The van der Waals surface area contributed by atoms with Gasteiger partial charge < -0.3 is 9.47 Å². The van der Waals surface area contributed by atoms with Crippen LogP contribution in [-0.2, 0) is 25.7 Å². The molecule has 224 valence electrons. The Morgan fingerprint density at radius 1 is 0.951 bits per heavy atom. The molecule has 1 aliphatic heterocycles. The summed E-state index contributed by atoms with van der Waals surface area (Å²) in [7, 11) is -2.81. The number of ether oxygens (including phenoxy) is 2. The molecule has 0 bridgehead atoms. The molecule has 0 amide bonds. The van der Waals surface area contributed by atoms with Crippen LogP contribution in [0.2, 0.25) is 0 Å². The van der Waals surface area contributed by atoms with E-state index in [4.69, 9.17) is 9.47 Å². The van der Waals surface area contributed by atoms with Gasteiger partial charge in [-0.2, -0.15) is 17.5 Å². The zero-order valence-electron chi connectivity index (χ0n) is 23.2. The maximum atomic E-state index is 13.7. The third kappa shape index (κ3) is 6.89. The molecular formula is C30H37F3N2O5S. The standard InChI is InChI=1S/C30H37F3N2O5S/c1-39-29(36)27-19-34(28(22-7-8-22)23-9-11-24(12-10-23)30(31,32)33)17-18-35(27)41(37,38)26-15-13-25(14-16-26)40-20-21-5-3-2-4-6-21/h9-16,21-22,27-28H,2-8,17-20H2,1H3. The van der Waals surface area contributed by atoms with E-state index in [1.54, 1.807) is 12.1 Å². The summed E-state index contributed by atoms with van der Waals surface area (Å²) in [5, 5.41) is 0. The monoisotopic (exact) mass is 594 g/mol. The van der Waals surface area contributed by atoms with Crippen LogP contribution in [0.3, 0.4) is 0 Å². The van der Waals surface area contributed by atoms with E-state index in [2.05, 4.69) is 0 Å². The van der Waals surface area contributed by atoms with Gasteiger partial charge in [-0.05, 0) is 79.5 Å². The van der Waals surface area contributed by atoms with Crippen LogP contribution in [0.4, 0.5) is 13.2 Å². The van der Waals surface area contributed by atoms with Crippen LogP contribution in [-0.4, -0.2) is 63.0 Å². The Morgan fingerprint density at radius 2 is 1.61 bits per heavy atom. The number of carbonyl (C=O) groups excluding carboxylic acids is 1. The van der Waals surface area contributed by atoms with Crippen LogP contribution in [0.5, 0.6) is 5.75 Å². The Morgan fingerprint density at radius 3 is 2.20 bits per heavy atom. The van der Waals surface area contributed by atoms with Crippen LogP contribution in [0.15, 0.2) is 53.4 Å². The molecule has 0 aromatic heterocycles. The van der Waals surface area contributed by atoms with Crippen molar-refractivity contribution in [3.8, 4) is 5.75 Å². The zero-order valence-corrected chi connectivity index (χ0v) is 24.0. The number of esters is 1. The number of carbonyl (C=O) groups is 1. The molecule has 0 N–H and O–H groups in total. The van der Waals surface area contributed by atoms with Gasteiger partial charge in [0.1, 0.15) is 11.8 Å². The van der Waals surface area contributed by atoms with Gasteiger partial charge in [0.05, 0.1) is 24.2 Å². The number of alkyl halides is 3.